The molecule has 3 unspecified atom stereocenters. The van der Waals surface area contributed by atoms with Crippen LogP contribution in [0.25, 0.3) is 0 Å². The van der Waals surface area contributed by atoms with Crippen LogP contribution in [0.4, 0.5) is 4.79 Å². The van der Waals surface area contributed by atoms with E-state index in [2.05, 4.69) is 19.2 Å². The van der Waals surface area contributed by atoms with Crippen LogP contribution in [0, 0.1) is 11.3 Å². The molecule has 2 amide bonds. The van der Waals surface area contributed by atoms with Crippen LogP contribution in [0.15, 0.2) is 0 Å². The fraction of sp³-hybridized carbons (Fsp3) is 0.857. The maximum atomic E-state index is 12.1. The van der Waals surface area contributed by atoms with Crippen LogP contribution in [-0.4, -0.2) is 54.4 Å². The number of rotatable bonds is 5. The van der Waals surface area contributed by atoms with Crippen LogP contribution in [0.3, 0.4) is 0 Å². The van der Waals surface area contributed by atoms with Gasteiger partial charge in [-0.05, 0) is 13.3 Å². The molecular weight excluding hydrogens is 260 g/mol. The van der Waals surface area contributed by atoms with Gasteiger partial charge in [-0.15, -0.1) is 0 Å². The number of hydrogen-bond acceptors (Lipinski definition) is 3. The predicted octanol–water partition coefficient (Wildman–Crippen LogP) is 1.55. The maximum Gasteiger partial charge on any atom is 0.317 e. The Morgan fingerprint density at radius 2 is 2.00 bits per heavy atom. The molecule has 0 aromatic heterocycles. The first-order valence-corrected chi connectivity index (χ1v) is 6.84. The van der Waals surface area contributed by atoms with Crippen molar-refractivity contribution in [3.63, 3.8) is 0 Å². The number of ether oxygens (including phenoxy) is 1. The van der Waals surface area contributed by atoms with Crippen LogP contribution in [0.1, 0.15) is 34.1 Å². The molecule has 1 saturated carbocycles. The summed E-state index contributed by atoms with van der Waals surface area (Å²) in [6.45, 7) is 7.93. The van der Waals surface area contributed by atoms with Crippen molar-refractivity contribution in [2.24, 2.45) is 11.3 Å². The minimum Gasteiger partial charge on any atom is -0.481 e. The third-order valence-electron chi connectivity index (χ3n) is 4.89. The lowest BCUT2D eigenvalue weighted by Gasteiger charge is -2.59. The number of nitrogens with zero attached hydrogens (tertiary/aromatic N) is 1. The minimum absolute atomic E-state index is 0.0301. The van der Waals surface area contributed by atoms with E-state index in [1.807, 2.05) is 6.92 Å². The Hall–Kier alpha value is -1.30. The lowest BCUT2D eigenvalue weighted by atomic mass is 9.56. The van der Waals surface area contributed by atoms with Crippen LogP contribution in [0.2, 0.25) is 0 Å². The van der Waals surface area contributed by atoms with E-state index in [9.17, 15) is 9.59 Å². The summed E-state index contributed by atoms with van der Waals surface area (Å²) in [6, 6.07) is -0.211. The van der Waals surface area contributed by atoms with E-state index < -0.39 is 11.9 Å². The fourth-order valence-electron chi connectivity index (χ4n) is 2.55. The van der Waals surface area contributed by atoms with E-state index in [1.165, 1.54) is 4.90 Å². The summed E-state index contributed by atoms with van der Waals surface area (Å²) >= 11 is 0. The molecule has 6 heteroatoms. The third kappa shape index (κ3) is 2.90. The van der Waals surface area contributed by atoms with Crippen molar-refractivity contribution in [1.82, 2.24) is 10.2 Å². The molecule has 0 bridgehead atoms. The van der Waals surface area contributed by atoms with E-state index in [0.717, 1.165) is 6.42 Å². The second kappa shape index (κ2) is 5.60. The minimum atomic E-state index is -0.902. The van der Waals surface area contributed by atoms with Crippen LogP contribution in [0.5, 0.6) is 0 Å². The summed E-state index contributed by atoms with van der Waals surface area (Å²) in [5.41, 5.74) is -0.394. The van der Waals surface area contributed by atoms with E-state index in [4.69, 9.17) is 9.84 Å². The Morgan fingerprint density at radius 3 is 2.40 bits per heavy atom. The summed E-state index contributed by atoms with van der Waals surface area (Å²) in [5.74, 6) is -1.48. The van der Waals surface area contributed by atoms with Crippen LogP contribution >= 0.6 is 0 Å². The number of nitrogens with one attached hydrogen (secondary N) is 1. The van der Waals surface area contributed by atoms with Gasteiger partial charge in [0.2, 0.25) is 0 Å². The molecule has 0 saturated heterocycles. The lowest BCUT2D eigenvalue weighted by Crippen LogP contribution is -2.69. The molecule has 0 aliphatic heterocycles. The van der Waals surface area contributed by atoms with E-state index in [-0.39, 0.29) is 29.6 Å². The first-order chi connectivity index (χ1) is 9.05. The van der Waals surface area contributed by atoms with Gasteiger partial charge in [-0.3, -0.25) is 4.79 Å². The molecule has 20 heavy (non-hydrogen) atoms. The van der Waals surface area contributed by atoms with Crippen LogP contribution in [-0.2, 0) is 9.53 Å². The number of carbonyl (C=O) groups excluding carboxylic acids is 1. The first kappa shape index (κ1) is 16.8. The zero-order valence-corrected chi connectivity index (χ0v) is 13.2. The third-order valence-corrected chi connectivity index (χ3v) is 4.89. The monoisotopic (exact) mass is 286 g/mol. The molecule has 116 valence electrons. The smallest absolute Gasteiger partial charge is 0.317 e. The van der Waals surface area contributed by atoms with Gasteiger partial charge in [0.1, 0.15) is 0 Å². The number of aliphatic carboxylic acids is 1. The lowest BCUT2D eigenvalue weighted by molar-refractivity contribution is -0.177. The maximum absolute atomic E-state index is 12.1. The summed E-state index contributed by atoms with van der Waals surface area (Å²) < 4.78 is 5.51. The van der Waals surface area contributed by atoms with Crippen molar-refractivity contribution in [2.75, 3.05) is 20.7 Å². The van der Waals surface area contributed by atoms with Gasteiger partial charge in [0, 0.05) is 32.2 Å². The molecule has 1 fully saturated rings. The second-order valence-corrected chi connectivity index (χ2v) is 6.48. The fourth-order valence-corrected chi connectivity index (χ4v) is 2.55. The molecule has 2 N–H and O–H groups in total. The van der Waals surface area contributed by atoms with E-state index >= 15 is 0 Å². The number of carboxylic acids is 1. The normalized spacial score (nSPS) is 29.2. The van der Waals surface area contributed by atoms with Crippen molar-refractivity contribution in [3.05, 3.63) is 0 Å². The molecule has 1 aliphatic rings. The van der Waals surface area contributed by atoms with Crippen molar-refractivity contribution < 1.29 is 19.4 Å². The number of carbonyl (C=O) groups is 2. The predicted molar refractivity (Wildman–Crippen MR) is 75.6 cm³/mol. The highest BCUT2D eigenvalue weighted by Gasteiger charge is 2.58. The Balaban J connectivity index is 2.54. The molecule has 1 aliphatic carbocycles. The van der Waals surface area contributed by atoms with Gasteiger partial charge in [0.05, 0.1) is 11.5 Å². The number of urea groups is 1. The topological polar surface area (TPSA) is 78.9 Å². The largest absolute Gasteiger partial charge is 0.481 e. The Bertz CT molecular complexity index is 397. The molecule has 0 aromatic rings. The average Bonchev–Trinajstić information content (AvgIpc) is 2.37. The number of hydrogen-bond donors (Lipinski definition) is 2. The molecule has 0 radical (unpaired) electrons. The van der Waals surface area contributed by atoms with Crippen molar-refractivity contribution in [1.29, 1.82) is 0 Å². The SMILES string of the molecule is COC1(C)CC(NC(=O)N(C)CC(C)C(=O)O)C1(C)C. The Labute approximate surface area is 120 Å². The second-order valence-electron chi connectivity index (χ2n) is 6.48. The van der Waals surface area contributed by atoms with Crippen molar-refractivity contribution in [3.8, 4) is 0 Å². The van der Waals surface area contributed by atoms with Gasteiger partial charge >= 0.3 is 12.0 Å². The molecule has 3 atom stereocenters. The summed E-state index contributed by atoms with van der Waals surface area (Å²) in [7, 11) is 3.29. The molecule has 0 heterocycles. The Morgan fingerprint density at radius 1 is 1.45 bits per heavy atom. The quantitative estimate of drug-likeness (QED) is 0.803. The molecule has 0 spiro atoms. The number of carboxylic acid groups (broad SMARTS) is 1. The molecule has 1 rings (SSSR count). The van der Waals surface area contributed by atoms with Gasteiger partial charge in [-0.2, -0.15) is 0 Å². The molecular formula is C14H26N2O4. The van der Waals surface area contributed by atoms with Gasteiger partial charge in [-0.25, -0.2) is 4.79 Å². The van der Waals surface area contributed by atoms with Gasteiger partial charge < -0.3 is 20.1 Å². The summed E-state index contributed by atoms with van der Waals surface area (Å²) in [5, 5.41) is 11.8. The standard InChI is InChI=1S/C14H26N2O4/c1-9(11(17)18)8-16(5)12(19)15-10-7-14(4,20-6)13(10,2)3/h9-10H,7-8H2,1-6H3,(H,15,19)(H,17,18). The molecule has 0 aromatic carbocycles. The zero-order valence-electron chi connectivity index (χ0n) is 13.2. The van der Waals surface area contributed by atoms with Gasteiger partial charge in [0.25, 0.3) is 0 Å². The van der Waals surface area contributed by atoms with Gasteiger partial charge in [0.15, 0.2) is 0 Å². The highest BCUT2D eigenvalue weighted by Crippen LogP contribution is 2.51. The molecule has 6 nitrogen and oxygen atoms in total. The van der Waals surface area contributed by atoms with Crippen LogP contribution < -0.4 is 5.32 Å². The highest BCUT2D eigenvalue weighted by molar-refractivity contribution is 5.76. The van der Waals surface area contributed by atoms with E-state index in [1.54, 1.807) is 21.1 Å². The Kier molecular flexibility index (Phi) is 4.69. The number of methoxy groups -OCH3 is 1. The first-order valence-electron chi connectivity index (χ1n) is 6.84. The summed E-state index contributed by atoms with van der Waals surface area (Å²) in [6.07, 6.45) is 0.755. The zero-order chi connectivity index (χ0) is 15.7. The van der Waals surface area contributed by atoms with E-state index in [0.29, 0.717) is 0 Å². The van der Waals surface area contributed by atoms with Gasteiger partial charge in [-0.1, -0.05) is 20.8 Å². The van der Waals surface area contributed by atoms with Crippen molar-refractivity contribution in [2.45, 2.75) is 45.8 Å². The highest BCUT2D eigenvalue weighted by atomic mass is 16.5. The average molecular weight is 286 g/mol. The summed E-state index contributed by atoms with van der Waals surface area (Å²) in [4.78, 5) is 24.3. The van der Waals surface area contributed by atoms with Crippen molar-refractivity contribution >= 4 is 12.0 Å². The number of amides is 2.